The quantitative estimate of drug-likeness (QED) is 0.820. The van der Waals surface area contributed by atoms with Crippen LogP contribution in [0.4, 0.5) is 0 Å². The number of pyridine rings is 1. The number of benzene rings is 1. The van der Waals surface area contributed by atoms with Gasteiger partial charge in [0.15, 0.2) is 18.9 Å². The van der Waals surface area contributed by atoms with Crippen LogP contribution in [0, 0.1) is 6.92 Å². The first-order chi connectivity index (χ1) is 10.5. The van der Waals surface area contributed by atoms with E-state index in [-0.39, 0.29) is 23.2 Å². The van der Waals surface area contributed by atoms with Crippen molar-refractivity contribution in [3.05, 3.63) is 58.9 Å². The van der Waals surface area contributed by atoms with Crippen LogP contribution in [0.1, 0.15) is 63.8 Å². The van der Waals surface area contributed by atoms with Gasteiger partial charge in [-0.05, 0) is 36.0 Å². The van der Waals surface area contributed by atoms with Gasteiger partial charge in [-0.25, -0.2) is 4.57 Å². The van der Waals surface area contributed by atoms with E-state index in [1.165, 1.54) is 11.1 Å². The highest BCUT2D eigenvalue weighted by Gasteiger charge is 2.27. The fourth-order valence-corrected chi connectivity index (χ4v) is 2.89. The van der Waals surface area contributed by atoms with E-state index < -0.39 is 0 Å². The summed E-state index contributed by atoms with van der Waals surface area (Å²) in [5, 5.41) is 10.8. The molecule has 1 aromatic heterocycles. The van der Waals surface area contributed by atoms with Gasteiger partial charge in [-0.1, -0.05) is 41.5 Å². The third kappa shape index (κ3) is 4.73. The van der Waals surface area contributed by atoms with Crippen molar-refractivity contribution in [2.24, 2.45) is 0 Å². The summed E-state index contributed by atoms with van der Waals surface area (Å²) in [5.41, 5.74) is 4.35. The summed E-state index contributed by atoms with van der Waals surface area (Å²) < 4.78 is 2.20. The molecule has 0 spiro atoms. The summed E-state index contributed by atoms with van der Waals surface area (Å²) in [6.07, 6.45) is 4.24. The summed E-state index contributed by atoms with van der Waals surface area (Å²) in [5.74, 6) is 0.447. The zero-order valence-corrected chi connectivity index (χ0v) is 16.7. The molecule has 1 N–H and O–H groups in total. The zero-order valence-electron chi connectivity index (χ0n) is 15.9. The fourth-order valence-electron chi connectivity index (χ4n) is 2.89. The molecule has 0 atom stereocenters. The second-order valence-corrected chi connectivity index (χ2v) is 8.59. The molecule has 0 saturated carbocycles. The van der Waals surface area contributed by atoms with Crippen molar-refractivity contribution in [2.75, 3.05) is 0 Å². The summed E-state index contributed by atoms with van der Waals surface area (Å²) in [7, 11) is 0. The van der Waals surface area contributed by atoms with E-state index in [0.29, 0.717) is 5.75 Å². The van der Waals surface area contributed by atoms with Crippen LogP contribution in [-0.4, -0.2) is 5.11 Å². The molecule has 0 aliphatic carbocycles. The minimum atomic E-state index is -0.0859. The van der Waals surface area contributed by atoms with Gasteiger partial charge in [-0.15, -0.1) is 0 Å². The largest absolute Gasteiger partial charge is 1.00 e. The predicted octanol–water partition coefficient (Wildman–Crippen LogP) is 1.64. The molecule has 0 fully saturated rings. The number of phenols is 1. The average molecular weight is 348 g/mol. The predicted molar refractivity (Wildman–Crippen MR) is 96.0 cm³/mol. The summed E-state index contributed by atoms with van der Waals surface area (Å²) in [4.78, 5) is 0. The molecule has 0 aliphatic heterocycles. The maximum absolute atomic E-state index is 10.8. The van der Waals surface area contributed by atoms with E-state index in [0.717, 1.165) is 17.7 Å². The Labute approximate surface area is 153 Å². The van der Waals surface area contributed by atoms with Crippen LogP contribution in [0.15, 0.2) is 36.7 Å². The molecule has 0 aliphatic rings. The number of nitrogens with zero attached hydrogens (tertiary/aromatic N) is 1. The van der Waals surface area contributed by atoms with Gasteiger partial charge < -0.3 is 17.5 Å². The lowest BCUT2D eigenvalue weighted by atomic mass is 9.78. The third-order valence-corrected chi connectivity index (χ3v) is 4.16. The molecule has 24 heavy (non-hydrogen) atoms. The Morgan fingerprint density at radius 3 is 1.88 bits per heavy atom. The molecular formula is C21H30ClNO. The van der Waals surface area contributed by atoms with Gasteiger partial charge in [0.1, 0.15) is 5.75 Å². The lowest BCUT2D eigenvalue weighted by molar-refractivity contribution is -0.688. The molecule has 0 unspecified atom stereocenters. The van der Waals surface area contributed by atoms with E-state index in [4.69, 9.17) is 0 Å². The van der Waals surface area contributed by atoms with Crippen LogP contribution in [0.3, 0.4) is 0 Å². The first-order valence-electron chi connectivity index (χ1n) is 8.31. The number of hydrogen-bond acceptors (Lipinski definition) is 1. The number of hydrogen-bond donors (Lipinski definition) is 1. The standard InChI is InChI=1S/C21H29NO.ClH/c1-15-9-8-10-22(13-15)14-16-11-17(20(2,3)4)19(23)18(12-16)21(5,6)7;/h8-13H,14H2,1-7H3;1H. The molecule has 1 heterocycles. The van der Waals surface area contributed by atoms with Crippen molar-refractivity contribution >= 4 is 0 Å². The molecule has 0 radical (unpaired) electrons. The van der Waals surface area contributed by atoms with Crippen molar-refractivity contribution in [3.8, 4) is 5.75 Å². The second-order valence-electron chi connectivity index (χ2n) is 8.59. The minimum Gasteiger partial charge on any atom is -1.00 e. The highest BCUT2D eigenvalue weighted by atomic mass is 35.5. The van der Waals surface area contributed by atoms with Crippen LogP contribution < -0.4 is 17.0 Å². The van der Waals surface area contributed by atoms with Gasteiger partial charge in [-0.3, -0.25) is 0 Å². The van der Waals surface area contributed by atoms with E-state index in [1.807, 2.05) is 0 Å². The number of aryl methyl sites for hydroxylation is 1. The van der Waals surface area contributed by atoms with E-state index >= 15 is 0 Å². The van der Waals surface area contributed by atoms with Crippen LogP contribution in [0.25, 0.3) is 0 Å². The molecule has 0 amide bonds. The molecule has 2 aromatic rings. The zero-order chi connectivity index (χ0) is 17.4. The van der Waals surface area contributed by atoms with Gasteiger partial charge in [0.25, 0.3) is 0 Å². The Kier molecular flexibility index (Phi) is 6.10. The lowest BCUT2D eigenvalue weighted by Gasteiger charge is -2.27. The van der Waals surface area contributed by atoms with Crippen molar-refractivity contribution in [2.45, 2.75) is 65.8 Å². The summed E-state index contributed by atoms with van der Waals surface area (Å²) in [6.45, 7) is 15.8. The number of rotatable bonds is 2. The SMILES string of the molecule is Cc1ccc[n+](Cc2cc(C(C)(C)C)c(O)c(C(C)(C)C)c2)c1.[Cl-]. The van der Waals surface area contributed by atoms with Gasteiger partial charge >= 0.3 is 0 Å². The second kappa shape index (κ2) is 7.14. The molecule has 3 heteroatoms. The monoisotopic (exact) mass is 347 g/mol. The van der Waals surface area contributed by atoms with Crippen molar-refractivity contribution in [1.29, 1.82) is 0 Å². The van der Waals surface area contributed by atoms with Crippen molar-refractivity contribution < 1.29 is 22.1 Å². The van der Waals surface area contributed by atoms with Gasteiger partial charge in [0.05, 0.1) is 0 Å². The maximum Gasteiger partial charge on any atom is 0.173 e. The van der Waals surface area contributed by atoms with Crippen LogP contribution in [0.2, 0.25) is 0 Å². The number of halogens is 1. The Morgan fingerprint density at radius 2 is 1.46 bits per heavy atom. The number of phenolic OH excluding ortho intramolecular Hbond substituents is 1. The smallest absolute Gasteiger partial charge is 0.173 e. The van der Waals surface area contributed by atoms with Gasteiger partial charge in [-0.2, -0.15) is 0 Å². The van der Waals surface area contributed by atoms with E-state index in [2.05, 4.69) is 89.7 Å². The number of aromatic nitrogens is 1. The summed E-state index contributed by atoms with van der Waals surface area (Å²) >= 11 is 0. The molecule has 2 rings (SSSR count). The Bertz CT molecular complexity index is 674. The Morgan fingerprint density at radius 1 is 0.958 bits per heavy atom. The van der Waals surface area contributed by atoms with Crippen LogP contribution in [0.5, 0.6) is 5.75 Å². The average Bonchev–Trinajstić information content (AvgIpc) is 2.38. The topological polar surface area (TPSA) is 24.1 Å². The normalized spacial score (nSPS) is 12.0. The molecule has 0 bridgehead atoms. The van der Waals surface area contributed by atoms with Crippen molar-refractivity contribution in [3.63, 3.8) is 0 Å². The highest BCUT2D eigenvalue weighted by Crippen LogP contribution is 2.39. The lowest BCUT2D eigenvalue weighted by Crippen LogP contribution is -3.00. The minimum absolute atomic E-state index is 0. The van der Waals surface area contributed by atoms with Gasteiger partial charge in [0, 0.05) is 28.3 Å². The van der Waals surface area contributed by atoms with Crippen LogP contribution >= 0.6 is 0 Å². The van der Waals surface area contributed by atoms with Crippen LogP contribution in [-0.2, 0) is 17.4 Å². The molecule has 2 nitrogen and oxygen atoms in total. The fraction of sp³-hybridized carbons (Fsp3) is 0.476. The Balaban J connectivity index is 0.00000288. The highest BCUT2D eigenvalue weighted by molar-refractivity contribution is 5.49. The first-order valence-corrected chi connectivity index (χ1v) is 8.31. The summed E-state index contributed by atoms with van der Waals surface area (Å²) in [6, 6.07) is 8.49. The van der Waals surface area contributed by atoms with E-state index in [1.54, 1.807) is 0 Å². The molecular weight excluding hydrogens is 318 g/mol. The van der Waals surface area contributed by atoms with E-state index in [9.17, 15) is 5.11 Å². The van der Waals surface area contributed by atoms with Gasteiger partial charge in [0.2, 0.25) is 0 Å². The maximum atomic E-state index is 10.8. The molecule has 132 valence electrons. The third-order valence-electron chi connectivity index (χ3n) is 4.16. The van der Waals surface area contributed by atoms with Crippen molar-refractivity contribution in [1.82, 2.24) is 0 Å². The number of aromatic hydroxyl groups is 1. The first kappa shape index (κ1) is 20.5. The Hall–Kier alpha value is -1.54. The molecule has 0 saturated heterocycles. The molecule has 1 aromatic carbocycles.